The molecule has 1 unspecified atom stereocenters. The van der Waals surface area contributed by atoms with Crippen molar-refractivity contribution in [1.29, 1.82) is 0 Å². The first-order valence-electron chi connectivity index (χ1n) is 8.85. The highest BCUT2D eigenvalue weighted by atomic mass is 16.6. The lowest BCUT2D eigenvalue weighted by Crippen LogP contribution is -2.28. The Morgan fingerprint density at radius 3 is 2.58 bits per heavy atom. The summed E-state index contributed by atoms with van der Waals surface area (Å²) in [6, 6.07) is 20.0. The minimum absolute atomic E-state index is 0.00247. The van der Waals surface area contributed by atoms with Crippen molar-refractivity contribution >= 4 is 16.7 Å². The number of ether oxygens (including phenoxy) is 2. The van der Waals surface area contributed by atoms with Crippen molar-refractivity contribution in [2.24, 2.45) is 0 Å². The highest BCUT2D eigenvalue weighted by molar-refractivity contribution is 5.85. The molecule has 0 fully saturated rings. The Labute approximate surface area is 152 Å². The summed E-state index contributed by atoms with van der Waals surface area (Å²) in [7, 11) is 0. The number of amides is 1. The van der Waals surface area contributed by atoms with Crippen LogP contribution < -0.4 is 14.8 Å². The van der Waals surface area contributed by atoms with E-state index in [9.17, 15) is 4.79 Å². The topological polar surface area (TPSA) is 47.6 Å². The molecule has 0 aromatic heterocycles. The number of hydrogen-bond donors (Lipinski definition) is 1. The van der Waals surface area contributed by atoms with E-state index in [0.717, 1.165) is 28.0 Å². The van der Waals surface area contributed by atoms with E-state index in [1.54, 1.807) is 0 Å². The third-order valence-corrected chi connectivity index (χ3v) is 4.62. The van der Waals surface area contributed by atoms with Gasteiger partial charge in [0, 0.05) is 0 Å². The lowest BCUT2D eigenvalue weighted by Gasteiger charge is -2.21. The van der Waals surface area contributed by atoms with Crippen LogP contribution in [0.4, 0.5) is 0 Å². The van der Waals surface area contributed by atoms with Crippen molar-refractivity contribution in [3.05, 3.63) is 71.8 Å². The number of carbonyl (C=O) groups excluding carboxylic acids is 1. The highest BCUT2D eigenvalue weighted by Gasteiger charge is 2.16. The fourth-order valence-corrected chi connectivity index (χ4v) is 3.24. The standard InChI is InChI=1S/C22H21NO3/c1-15(18-8-9-20-21(14-18)26-11-10-25-20)23-22(24)13-16-6-7-17-4-2-3-5-19(17)12-16/h2-9,12,14-15H,10-11,13H2,1H3,(H,23,24). The van der Waals surface area contributed by atoms with E-state index in [4.69, 9.17) is 9.47 Å². The predicted octanol–water partition coefficient (Wildman–Crippen LogP) is 4.03. The molecule has 1 N–H and O–H groups in total. The van der Waals surface area contributed by atoms with E-state index in [1.807, 2.05) is 43.3 Å². The van der Waals surface area contributed by atoms with Gasteiger partial charge < -0.3 is 14.8 Å². The molecular weight excluding hydrogens is 326 g/mol. The second-order valence-electron chi connectivity index (χ2n) is 6.55. The van der Waals surface area contributed by atoms with Crippen molar-refractivity contribution in [3.63, 3.8) is 0 Å². The summed E-state index contributed by atoms with van der Waals surface area (Å²) in [4.78, 5) is 12.5. The number of fused-ring (bicyclic) bond motifs is 2. The van der Waals surface area contributed by atoms with Gasteiger partial charge in [-0.15, -0.1) is 0 Å². The summed E-state index contributed by atoms with van der Waals surface area (Å²) in [6.07, 6.45) is 0.361. The minimum Gasteiger partial charge on any atom is -0.486 e. The number of hydrogen-bond acceptors (Lipinski definition) is 3. The lowest BCUT2D eigenvalue weighted by atomic mass is 10.0. The smallest absolute Gasteiger partial charge is 0.224 e. The van der Waals surface area contributed by atoms with Crippen LogP contribution in [-0.2, 0) is 11.2 Å². The van der Waals surface area contributed by atoms with Crippen molar-refractivity contribution in [2.45, 2.75) is 19.4 Å². The van der Waals surface area contributed by atoms with Crippen LogP contribution in [0.2, 0.25) is 0 Å². The SMILES string of the molecule is CC(NC(=O)Cc1ccc2ccccc2c1)c1ccc2c(c1)OCCO2. The van der Waals surface area contributed by atoms with Gasteiger partial charge >= 0.3 is 0 Å². The zero-order valence-corrected chi connectivity index (χ0v) is 14.7. The molecule has 4 heteroatoms. The van der Waals surface area contributed by atoms with Crippen LogP contribution in [-0.4, -0.2) is 19.1 Å². The maximum atomic E-state index is 12.5. The molecule has 0 aliphatic carbocycles. The average molecular weight is 347 g/mol. The molecule has 1 amide bonds. The molecule has 1 aliphatic heterocycles. The van der Waals surface area contributed by atoms with Gasteiger partial charge in [-0.25, -0.2) is 0 Å². The Balaban J connectivity index is 1.43. The molecule has 1 atom stereocenters. The first-order valence-corrected chi connectivity index (χ1v) is 8.85. The van der Waals surface area contributed by atoms with Crippen LogP contribution in [0.5, 0.6) is 11.5 Å². The largest absolute Gasteiger partial charge is 0.486 e. The van der Waals surface area contributed by atoms with E-state index >= 15 is 0 Å². The second kappa shape index (κ2) is 7.08. The number of nitrogens with one attached hydrogen (secondary N) is 1. The van der Waals surface area contributed by atoms with Gasteiger partial charge in [0.05, 0.1) is 12.5 Å². The van der Waals surface area contributed by atoms with Gasteiger partial charge in [-0.1, -0.05) is 48.5 Å². The zero-order chi connectivity index (χ0) is 17.9. The quantitative estimate of drug-likeness (QED) is 0.775. The molecule has 0 bridgehead atoms. The molecule has 0 saturated heterocycles. The van der Waals surface area contributed by atoms with Gasteiger partial charge in [-0.2, -0.15) is 0 Å². The van der Waals surface area contributed by atoms with E-state index in [-0.39, 0.29) is 11.9 Å². The van der Waals surface area contributed by atoms with Gasteiger partial charge in [0.15, 0.2) is 11.5 Å². The molecule has 4 nitrogen and oxygen atoms in total. The zero-order valence-electron chi connectivity index (χ0n) is 14.7. The third-order valence-electron chi connectivity index (χ3n) is 4.62. The van der Waals surface area contributed by atoms with Crippen LogP contribution in [0, 0.1) is 0 Å². The summed E-state index contributed by atoms with van der Waals surface area (Å²) >= 11 is 0. The van der Waals surface area contributed by atoms with Crippen LogP contribution in [0.3, 0.4) is 0 Å². The van der Waals surface area contributed by atoms with Crippen molar-refractivity contribution in [2.75, 3.05) is 13.2 Å². The Hall–Kier alpha value is -3.01. The molecule has 4 rings (SSSR count). The van der Waals surface area contributed by atoms with Crippen molar-refractivity contribution in [3.8, 4) is 11.5 Å². The minimum atomic E-state index is -0.0983. The molecule has 26 heavy (non-hydrogen) atoms. The predicted molar refractivity (Wildman–Crippen MR) is 102 cm³/mol. The Bertz CT molecular complexity index is 951. The normalized spacial score (nSPS) is 14.0. The summed E-state index contributed by atoms with van der Waals surface area (Å²) in [5.74, 6) is 1.50. The number of carbonyl (C=O) groups is 1. The number of rotatable bonds is 4. The first-order chi connectivity index (χ1) is 12.7. The molecule has 0 spiro atoms. The third kappa shape index (κ3) is 3.49. The first kappa shape index (κ1) is 16.5. The van der Waals surface area contributed by atoms with Crippen molar-refractivity contribution < 1.29 is 14.3 Å². The monoisotopic (exact) mass is 347 g/mol. The average Bonchev–Trinajstić information content (AvgIpc) is 2.67. The molecule has 0 radical (unpaired) electrons. The van der Waals surface area contributed by atoms with E-state index < -0.39 is 0 Å². The summed E-state index contributed by atoms with van der Waals surface area (Å²) in [5, 5.41) is 5.40. The molecule has 132 valence electrons. The van der Waals surface area contributed by atoms with Crippen LogP contribution in [0.15, 0.2) is 60.7 Å². The molecule has 3 aromatic carbocycles. The molecule has 3 aromatic rings. The van der Waals surface area contributed by atoms with Gasteiger partial charge in [0.1, 0.15) is 13.2 Å². The van der Waals surface area contributed by atoms with Crippen molar-refractivity contribution in [1.82, 2.24) is 5.32 Å². The van der Waals surface area contributed by atoms with Crippen LogP contribution in [0.1, 0.15) is 24.1 Å². The summed E-state index contributed by atoms with van der Waals surface area (Å²) < 4.78 is 11.2. The Kier molecular flexibility index (Phi) is 4.48. The van der Waals surface area contributed by atoms with E-state index in [2.05, 4.69) is 29.6 Å². The lowest BCUT2D eigenvalue weighted by molar-refractivity contribution is -0.121. The van der Waals surface area contributed by atoms with E-state index in [1.165, 1.54) is 5.39 Å². The molecule has 1 heterocycles. The van der Waals surface area contributed by atoms with Crippen LogP contribution in [0.25, 0.3) is 10.8 Å². The fourth-order valence-electron chi connectivity index (χ4n) is 3.24. The fraction of sp³-hybridized carbons (Fsp3) is 0.227. The summed E-state index contributed by atoms with van der Waals surface area (Å²) in [5.41, 5.74) is 2.01. The van der Waals surface area contributed by atoms with Gasteiger partial charge in [-0.05, 0) is 41.0 Å². The second-order valence-corrected chi connectivity index (χ2v) is 6.55. The maximum absolute atomic E-state index is 12.5. The van der Waals surface area contributed by atoms with Gasteiger partial charge in [0.2, 0.25) is 5.91 Å². The Morgan fingerprint density at radius 1 is 0.962 bits per heavy atom. The van der Waals surface area contributed by atoms with E-state index in [0.29, 0.717) is 19.6 Å². The summed E-state index contributed by atoms with van der Waals surface area (Å²) in [6.45, 7) is 3.10. The number of benzene rings is 3. The molecule has 0 saturated carbocycles. The molecular formula is C22H21NO3. The maximum Gasteiger partial charge on any atom is 0.224 e. The Morgan fingerprint density at radius 2 is 1.73 bits per heavy atom. The molecule has 1 aliphatic rings. The highest BCUT2D eigenvalue weighted by Crippen LogP contribution is 2.32. The van der Waals surface area contributed by atoms with Gasteiger partial charge in [-0.3, -0.25) is 4.79 Å². The van der Waals surface area contributed by atoms with Gasteiger partial charge in [0.25, 0.3) is 0 Å². The van der Waals surface area contributed by atoms with Crippen LogP contribution >= 0.6 is 0 Å².